The molecule has 37 heavy (non-hydrogen) atoms. The van der Waals surface area contributed by atoms with Crippen LogP contribution in [-0.2, 0) is 0 Å². The van der Waals surface area contributed by atoms with Gasteiger partial charge in [0.25, 0.3) is 11.4 Å². The summed E-state index contributed by atoms with van der Waals surface area (Å²) in [6, 6.07) is 22.7. The third-order valence-corrected chi connectivity index (χ3v) is 6.83. The number of nitrogens with zero attached hydrogens (tertiary/aromatic N) is 4. The molecule has 180 valence electrons. The lowest BCUT2D eigenvalue weighted by Gasteiger charge is -2.15. The molecule has 0 bridgehead atoms. The molecule has 0 unspecified atom stereocenters. The lowest BCUT2D eigenvalue weighted by Crippen LogP contribution is -2.01. The molecule has 0 fully saturated rings. The molecule has 4 aromatic carbocycles. The highest BCUT2D eigenvalue weighted by Crippen LogP contribution is 2.43. The summed E-state index contributed by atoms with van der Waals surface area (Å²) in [6.45, 7) is 0. The molecule has 0 aliphatic carbocycles. The van der Waals surface area contributed by atoms with E-state index in [-0.39, 0.29) is 45.1 Å². The molecule has 0 spiro atoms. The van der Waals surface area contributed by atoms with Gasteiger partial charge in [-0.05, 0) is 92.7 Å². The van der Waals surface area contributed by atoms with Crippen molar-refractivity contribution in [3.8, 4) is 45.9 Å². The zero-order valence-electron chi connectivity index (χ0n) is 18.5. The first-order valence-corrected chi connectivity index (χ1v) is 12.5. The van der Waals surface area contributed by atoms with Gasteiger partial charge in [-0.2, -0.15) is 10.5 Å². The minimum absolute atomic E-state index is 0.0273. The van der Waals surface area contributed by atoms with E-state index < -0.39 is 9.85 Å². The van der Waals surface area contributed by atoms with E-state index in [4.69, 9.17) is 4.74 Å². The van der Waals surface area contributed by atoms with E-state index in [0.29, 0.717) is 11.1 Å². The summed E-state index contributed by atoms with van der Waals surface area (Å²) < 4.78 is 7.78. The predicted molar refractivity (Wildman–Crippen MR) is 152 cm³/mol. The second-order valence-electron chi connectivity index (χ2n) is 7.52. The number of nitro benzene ring substituents is 2. The molecule has 4 rings (SSSR count). The summed E-state index contributed by atoms with van der Waals surface area (Å²) in [5, 5.41) is 43.5. The number of nitro groups is 2. The van der Waals surface area contributed by atoms with Crippen LogP contribution in [0.3, 0.4) is 0 Å². The lowest BCUT2D eigenvalue weighted by atomic mass is 9.96. The lowest BCUT2D eigenvalue weighted by molar-refractivity contribution is -0.384. The molecule has 0 heterocycles. The zero-order chi connectivity index (χ0) is 26.7. The summed E-state index contributed by atoms with van der Waals surface area (Å²) >= 11 is 4.20. The second kappa shape index (κ2) is 10.9. The fourth-order valence-electron chi connectivity index (χ4n) is 3.78. The molecule has 0 aliphatic rings. The van der Waals surface area contributed by atoms with Crippen molar-refractivity contribution in [3.63, 3.8) is 0 Å². The van der Waals surface area contributed by atoms with Crippen molar-refractivity contribution in [2.75, 3.05) is 0 Å². The third kappa shape index (κ3) is 5.23. The molecule has 4 aromatic rings. The number of ether oxygens (including phenoxy) is 1. The molecule has 0 atom stereocenters. The molecule has 0 amide bonds. The van der Waals surface area contributed by atoms with Gasteiger partial charge in [0.15, 0.2) is 0 Å². The van der Waals surface area contributed by atoms with Gasteiger partial charge < -0.3 is 4.74 Å². The Balaban J connectivity index is 1.93. The Bertz CT molecular complexity index is 1520. The minimum Gasteiger partial charge on any atom is -0.455 e. The van der Waals surface area contributed by atoms with E-state index in [2.05, 4.69) is 45.2 Å². The number of rotatable bonds is 6. The SMILES string of the molecule is N#Cc1c(Oc2ccc([N+](=O)[O-])c(-c3ccc(I)cc3)c2C#N)ccc([N+](=O)[O-])c1-c1ccc(I)cc1. The fourth-order valence-corrected chi connectivity index (χ4v) is 4.50. The van der Waals surface area contributed by atoms with E-state index >= 15 is 0 Å². The van der Waals surface area contributed by atoms with Gasteiger partial charge >= 0.3 is 0 Å². The predicted octanol–water partition coefficient (Wildman–Crippen LogP) is 7.58. The Morgan fingerprint density at radius 2 is 0.973 bits per heavy atom. The van der Waals surface area contributed by atoms with Crippen LogP contribution < -0.4 is 4.74 Å². The van der Waals surface area contributed by atoms with Crippen molar-refractivity contribution < 1.29 is 14.6 Å². The first-order chi connectivity index (χ1) is 17.7. The van der Waals surface area contributed by atoms with Gasteiger partial charge in [-0.15, -0.1) is 0 Å². The molecule has 0 radical (unpaired) electrons. The molecule has 0 aromatic heterocycles. The normalized spacial score (nSPS) is 10.3. The molecule has 0 aliphatic heterocycles. The Morgan fingerprint density at radius 3 is 1.27 bits per heavy atom. The van der Waals surface area contributed by atoms with E-state index in [1.54, 1.807) is 48.5 Å². The first kappa shape index (κ1) is 26.0. The number of halogens is 2. The average molecular weight is 714 g/mol. The number of hydrogen-bond acceptors (Lipinski definition) is 7. The van der Waals surface area contributed by atoms with Crippen LogP contribution in [0.1, 0.15) is 11.1 Å². The summed E-state index contributed by atoms with van der Waals surface area (Å²) in [5.74, 6) is -0.0545. The van der Waals surface area contributed by atoms with Crippen molar-refractivity contribution in [2.24, 2.45) is 0 Å². The molecule has 0 saturated carbocycles. The number of nitriles is 2. The molecular weight excluding hydrogens is 702 g/mol. The monoisotopic (exact) mass is 714 g/mol. The van der Waals surface area contributed by atoms with Gasteiger partial charge in [0, 0.05) is 19.3 Å². The van der Waals surface area contributed by atoms with Crippen LogP contribution in [0.2, 0.25) is 0 Å². The Kier molecular flexibility index (Phi) is 7.66. The summed E-state index contributed by atoms with van der Waals surface area (Å²) in [7, 11) is 0. The molecule has 0 N–H and O–H groups in total. The third-order valence-electron chi connectivity index (χ3n) is 5.39. The highest BCUT2D eigenvalue weighted by molar-refractivity contribution is 14.1. The summed E-state index contributed by atoms with van der Waals surface area (Å²) in [4.78, 5) is 22.4. The van der Waals surface area contributed by atoms with Crippen molar-refractivity contribution in [2.45, 2.75) is 0 Å². The Morgan fingerprint density at radius 1 is 0.622 bits per heavy atom. The van der Waals surface area contributed by atoms with E-state index in [1.807, 2.05) is 12.1 Å². The first-order valence-electron chi connectivity index (χ1n) is 10.4. The van der Waals surface area contributed by atoms with Crippen molar-refractivity contribution in [1.29, 1.82) is 10.5 Å². The Hall–Kier alpha value is -4.08. The topological polar surface area (TPSA) is 143 Å². The quantitative estimate of drug-likeness (QED) is 0.114. The smallest absolute Gasteiger partial charge is 0.278 e. The molecule has 0 saturated heterocycles. The van der Waals surface area contributed by atoms with Crippen LogP contribution in [0.5, 0.6) is 11.5 Å². The number of benzene rings is 4. The van der Waals surface area contributed by atoms with Gasteiger partial charge in [0.2, 0.25) is 0 Å². The van der Waals surface area contributed by atoms with E-state index in [1.165, 1.54) is 24.3 Å². The fraction of sp³-hybridized carbons (Fsp3) is 0. The van der Waals surface area contributed by atoms with Crippen molar-refractivity contribution >= 4 is 56.6 Å². The average Bonchev–Trinajstić information content (AvgIpc) is 2.88. The van der Waals surface area contributed by atoms with Gasteiger partial charge in [-0.3, -0.25) is 20.2 Å². The molecule has 11 heteroatoms. The second-order valence-corrected chi connectivity index (χ2v) is 10.0. The minimum atomic E-state index is -0.584. The highest BCUT2D eigenvalue weighted by atomic mass is 127. The van der Waals surface area contributed by atoms with Gasteiger partial charge in [0.1, 0.15) is 34.8 Å². The van der Waals surface area contributed by atoms with Crippen LogP contribution in [0.4, 0.5) is 11.4 Å². The van der Waals surface area contributed by atoms with Crippen molar-refractivity contribution in [1.82, 2.24) is 0 Å². The molecule has 9 nitrogen and oxygen atoms in total. The molecular formula is C26H12I2N4O5. The van der Waals surface area contributed by atoms with Gasteiger partial charge in [-0.1, -0.05) is 24.3 Å². The van der Waals surface area contributed by atoms with Crippen molar-refractivity contribution in [3.05, 3.63) is 111 Å². The van der Waals surface area contributed by atoms with Crippen LogP contribution >= 0.6 is 45.2 Å². The van der Waals surface area contributed by atoms with Crippen LogP contribution in [0.25, 0.3) is 22.3 Å². The van der Waals surface area contributed by atoms with Crippen LogP contribution in [0, 0.1) is 50.0 Å². The maximum atomic E-state index is 11.8. The van der Waals surface area contributed by atoms with Crippen LogP contribution in [-0.4, -0.2) is 9.85 Å². The summed E-state index contributed by atoms with van der Waals surface area (Å²) in [5.41, 5.74) is 0.250. The maximum absolute atomic E-state index is 11.8. The Labute approximate surface area is 237 Å². The maximum Gasteiger partial charge on any atom is 0.278 e. The summed E-state index contributed by atoms with van der Waals surface area (Å²) in [6.07, 6.45) is 0. The van der Waals surface area contributed by atoms with Gasteiger partial charge in [-0.25, -0.2) is 0 Å². The van der Waals surface area contributed by atoms with Crippen LogP contribution in [0.15, 0.2) is 72.8 Å². The highest BCUT2D eigenvalue weighted by Gasteiger charge is 2.27. The van der Waals surface area contributed by atoms with E-state index in [0.717, 1.165) is 7.14 Å². The zero-order valence-corrected chi connectivity index (χ0v) is 22.8. The van der Waals surface area contributed by atoms with E-state index in [9.17, 15) is 30.8 Å². The number of hydrogen-bond donors (Lipinski definition) is 0. The standard InChI is InChI=1S/C26H12I2N4O5/c27-17-5-1-15(2-6-17)25-19(13-29)23(11-9-21(25)31(33)34)37-24-12-10-22(32(35)36)26(20(24)14-30)16-3-7-18(28)8-4-16/h1-12H. The largest absolute Gasteiger partial charge is 0.455 e. The van der Waals surface area contributed by atoms with Gasteiger partial charge in [0.05, 0.1) is 21.0 Å².